The molecule has 1 aliphatic rings. The predicted molar refractivity (Wildman–Crippen MR) is 180 cm³/mol. The maximum absolute atomic E-state index is 11.6. The molecule has 244 valence electrons. The van der Waals surface area contributed by atoms with E-state index in [2.05, 4.69) is 34.6 Å². The van der Waals surface area contributed by atoms with Crippen molar-refractivity contribution in [2.24, 2.45) is 0 Å². The Bertz CT molecular complexity index is 1800. The topological polar surface area (TPSA) is 130 Å². The van der Waals surface area contributed by atoms with Gasteiger partial charge in [-0.15, -0.1) is 16.1 Å². The Hall–Kier alpha value is -4.12. The lowest BCUT2D eigenvalue weighted by Gasteiger charge is -2.37. The zero-order valence-corrected chi connectivity index (χ0v) is 28.1. The number of methoxy groups -OCH3 is 1. The highest BCUT2D eigenvalue weighted by atomic mass is 35.5. The third-order valence-electron chi connectivity index (χ3n) is 8.30. The van der Waals surface area contributed by atoms with Gasteiger partial charge in [-0.05, 0) is 47.2 Å². The van der Waals surface area contributed by atoms with Crippen LogP contribution in [0.25, 0.3) is 11.2 Å². The van der Waals surface area contributed by atoms with Crippen molar-refractivity contribution in [2.45, 2.75) is 42.7 Å². The summed E-state index contributed by atoms with van der Waals surface area (Å²) < 4.78 is 36.3. The Morgan fingerprint density at radius 1 is 1.02 bits per heavy atom. The van der Waals surface area contributed by atoms with Gasteiger partial charge < -0.3 is 24.6 Å². The number of anilines is 1. The van der Waals surface area contributed by atoms with Crippen LogP contribution in [0.3, 0.4) is 0 Å². The molecule has 5 atom stereocenters. The summed E-state index contributed by atoms with van der Waals surface area (Å²) in [4.78, 5) is 13.1. The third kappa shape index (κ3) is 6.17. The van der Waals surface area contributed by atoms with Gasteiger partial charge in [-0.1, -0.05) is 72.8 Å². The molecule has 1 aliphatic heterocycles. The minimum atomic E-state index is -1.90. The van der Waals surface area contributed by atoms with Crippen molar-refractivity contribution in [3.05, 3.63) is 108 Å². The van der Waals surface area contributed by atoms with Crippen LogP contribution in [0.2, 0.25) is 0 Å². The Labute approximate surface area is 278 Å². The molecule has 3 aromatic carbocycles. The van der Waals surface area contributed by atoms with Crippen LogP contribution in [-0.2, 0) is 19.4 Å². The van der Waals surface area contributed by atoms with E-state index < -0.39 is 36.9 Å². The summed E-state index contributed by atoms with van der Waals surface area (Å²) in [5.74, 6) is 1.24. The second kappa shape index (κ2) is 13.5. The molecule has 0 saturated carbocycles. The fourth-order valence-corrected chi connectivity index (χ4v) is 6.64. The van der Waals surface area contributed by atoms with Crippen molar-refractivity contribution >= 4 is 36.7 Å². The lowest BCUT2D eigenvalue weighted by molar-refractivity contribution is -0.0378. The summed E-state index contributed by atoms with van der Waals surface area (Å²) in [7, 11) is -0.263. The van der Waals surface area contributed by atoms with Crippen LogP contribution in [0.1, 0.15) is 36.8 Å². The van der Waals surface area contributed by atoms with Crippen LogP contribution >= 0.6 is 19.6 Å². The number of alkyl halides is 1. The summed E-state index contributed by atoms with van der Waals surface area (Å²) in [6, 6.07) is 28.0. The molecule has 1 fully saturated rings. The van der Waals surface area contributed by atoms with E-state index in [9.17, 15) is 9.67 Å². The normalized spacial score (nSPS) is 21.5. The summed E-state index contributed by atoms with van der Waals surface area (Å²) in [6.07, 6.45) is -1.33. The van der Waals surface area contributed by atoms with Gasteiger partial charge >= 0.3 is 8.03 Å². The van der Waals surface area contributed by atoms with Gasteiger partial charge in [0, 0.05) is 0 Å². The number of nitrogens with one attached hydrogen (secondary N) is 1. The molecule has 0 aliphatic carbocycles. The molecular weight excluding hydrogens is 641 g/mol. The molecule has 6 rings (SSSR count). The van der Waals surface area contributed by atoms with Crippen LogP contribution in [0.5, 0.6) is 11.6 Å². The second-order valence-electron chi connectivity index (χ2n) is 11.3. The van der Waals surface area contributed by atoms with Gasteiger partial charge in [0.1, 0.15) is 35.0 Å². The lowest BCUT2D eigenvalue weighted by Crippen LogP contribution is -2.40. The Kier molecular flexibility index (Phi) is 9.46. The Morgan fingerprint density at radius 2 is 1.64 bits per heavy atom. The van der Waals surface area contributed by atoms with Gasteiger partial charge in [-0.25, -0.2) is 4.98 Å². The first kappa shape index (κ1) is 32.8. The van der Waals surface area contributed by atoms with Gasteiger partial charge in [0.25, 0.3) is 0 Å². The number of fused-ring (bicyclic) bond motifs is 1. The number of aliphatic hydroxyl groups excluding tert-OH is 1. The molecule has 47 heavy (non-hydrogen) atoms. The quantitative estimate of drug-likeness (QED) is 0.0885. The average Bonchev–Trinajstić information content (AvgIpc) is 3.60. The van der Waals surface area contributed by atoms with Crippen molar-refractivity contribution < 1.29 is 28.4 Å². The minimum Gasteiger partial charge on any atom is -0.497 e. The van der Waals surface area contributed by atoms with Crippen LogP contribution in [0, 0.1) is 0 Å². The smallest absolute Gasteiger partial charge is 0.497 e. The summed E-state index contributed by atoms with van der Waals surface area (Å²) >= 11 is 6.95. The number of ether oxygens (including phenoxy) is 3. The lowest BCUT2D eigenvalue weighted by atomic mass is 9.77. The molecule has 0 radical (unpaired) electrons. The predicted octanol–water partition coefficient (Wildman–Crippen LogP) is 6.28. The number of rotatable bonds is 12. The first-order chi connectivity index (χ1) is 22.7. The molecule has 2 N–H and O–H groups in total. The molecule has 0 amide bonds. The van der Waals surface area contributed by atoms with Crippen molar-refractivity contribution in [2.75, 3.05) is 32.3 Å². The van der Waals surface area contributed by atoms with Crippen LogP contribution in [-0.4, -0.2) is 68.7 Å². The number of aromatic nitrogens is 4. The van der Waals surface area contributed by atoms with Crippen LogP contribution < -0.4 is 14.8 Å². The summed E-state index contributed by atoms with van der Waals surface area (Å²) in [6.45, 7) is 5.21. The van der Waals surface area contributed by atoms with Gasteiger partial charge in [-0.3, -0.25) is 4.57 Å². The van der Waals surface area contributed by atoms with Gasteiger partial charge in [-0.2, -0.15) is 9.97 Å². The summed E-state index contributed by atoms with van der Waals surface area (Å²) in [5, 5.41) is 14.8. The maximum Gasteiger partial charge on any atom is 0.504 e. The van der Waals surface area contributed by atoms with Crippen molar-refractivity contribution in [3.8, 4) is 11.6 Å². The van der Waals surface area contributed by atoms with E-state index in [1.807, 2.05) is 67.6 Å². The first-order valence-corrected chi connectivity index (χ1v) is 17.2. The molecule has 3 heterocycles. The van der Waals surface area contributed by atoms with E-state index in [4.69, 9.17) is 40.3 Å². The number of imidazole rings is 1. The van der Waals surface area contributed by atoms with Crippen molar-refractivity contribution in [1.29, 1.82) is 0 Å². The van der Waals surface area contributed by atoms with E-state index >= 15 is 0 Å². The Morgan fingerprint density at radius 3 is 2.21 bits per heavy atom. The molecular formula is C34H36ClN5O6P+. The highest BCUT2D eigenvalue weighted by molar-refractivity contribution is 7.38. The third-order valence-corrected chi connectivity index (χ3v) is 9.22. The first-order valence-electron chi connectivity index (χ1n) is 15.2. The van der Waals surface area contributed by atoms with Crippen LogP contribution in [0.15, 0.2) is 91.3 Å². The number of hydrogen-bond acceptors (Lipinski definition) is 10. The highest BCUT2D eigenvalue weighted by Crippen LogP contribution is 2.46. The van der Waals surface area contributed by atoms with Gasteiger partial charge in [0.15, 0.2) is 24.1 Å². The molecule has 0 spiro atoms. The SMILES string of the molecule is CCOc1nc(NC(c2ccccc2)(c2ccccc2)c2ccc(OC)cc2)nc2c1ncn2C1O[C@H](CO[P+](C)=O)[C@@H](O)[C@@]1(C)Cl. The number of aliphatic hydroxyl groups is 1. The molecule has 5 aromatic rings. The summed E-state index contributed by atoms with van der Waals surface area (Å²) in [5.41, 5.74) is 2.62. The Balaban J connectivity index is 1.53. The number of hydrogen-bond donors (Lipinski definition) is 2. The zero-order chi connectivity index (χ0) is 33.2. The van der Waals surface area contributed by atoms with E-state index in [-0.39, 0.29) is 18.4 Å². The van der Waals surface area contributed by atoms with Crippen molar-refractivity contribution in [3.63, 3.8) is 0 Å². The monoisotopic (exact) mass is 676 g/mol. The van der Waals surface area contributed by atoms with E-state index in [0.29, 0.717) is 17.8 Å². The molecule has 1 saturated heterocycles. The van der Waals surface area contributed by atoms with E-state index in [1.54, 1.807) is 24.9 Å². The molecule has 13 heteroatoms. The van der Waals surface area contributed by atoms with E-state index in [1.165, 1.54) is 6.66 Å². The van der Waals surface area contributed by atoms with Crippen molar-refractivity contribution in [1.82, 2.24) is 19.5 Å². The average molecular weight is 677 g/mol. The highest BCUT2D eigenvalue weighted by Gasteiger charge is 2.54. The zero-order valence-electron chi connectivity index (χ0n) is 26.4. The van der Waals surface area contributed by atoms with E-state index in [0.717, 1.165) is 22.4 Å². The van der Waals surface area contributed by atoms with Gasteiger partial charge in [0.05, 0.1) is 20.0 Å². The van der Waals surface area contributed by atoms with Crippen LogP contribution in [0.4, 0.5) is 5.95 Å². The number of halogens is 1. The van der Waals surface area contributed by atoms with Gasteiger partial charge in [0.2, 0.25) is 11.8 Å². The maximum atomic E-state index is 11.6. The molecule has 2 aromatic heterocycles. The molecule has 2 unspecified atom stereocenters. The fraction of sp³-hybridized carbons (Fsp3) is 0.324. The number of nitrogens with zero attached hydrogens (tertiary/aromatic N) is 4. The standard InChI is InChI=1S/C34H36ClN5O6P/c1-5-44-30-27-29(40(21-36-27)31-33(2,35)28(41)26(46-31)20-45-47(4)42)37-32(38-30)39-34(22-12-8-6-9-13-22,23-14-10-7-11-15-23)24-16-18-25(43-3)19-17-24/h6-19,21,26,28,31,41H,5,20H2,1-4H3,(H,37,38,39)/q+1/t26-,28-,31?,33-/m1/s1. The second-order valence-corrected chi connectivity index (χ2v) is 13.3. The number of benzene rings is 3. The molecule has 11 nitrogen and oxygen atoms in total. The fourth-order valence-electron chi connectivity index (χ4n) is 5.99. The minimum absolute atomic E-state index is 0.0944. The molecule has 0 bridgehead atoms. The largest absolute Gasteiger partial charge is 0.504 e.